The van der Waals surface area contributed by atoms with Crippen LogP contribution in [0.15, 0.2) is 6.33 Å². The van der Waals surface area contributed by atoms with E-state index in [0.717, 1.165) is 18.9 Å². The fraction of sp³-hybridized carbons (Fsp3) is 0.667. The third kappa shape index (κ3) is 3.68. The summed E-state index contributed by atoms with van der Waals surface area (Å²) in [6.07, 6.45) is 1.52. The molecule has 1 aliphatic heterocycles. The van der Waals surface area contributed by atoms with Gasteiger partial charge in [0.05, 0.1) is 13.2 Å². The van der Waals surface area contributed by atoms with Crippen LogP contribution in [0, 0.1) is 0 Å². The van der Waals surface area contributed by atoms with Crippen molar-refractivity contribution in [2.45, 2.75) is 26.3 Å². The highest BCUT2D eigenvalue weighted by Gasteiger charge is 2.18. The largest absolute Gasteiger partial charge is 0.393 e. The lowest BCUT2D eigenvalue weighted by molar-refractivity contribution is 0.122. The van der Waals surface area contributed by atoms with Gasteiger partial charge in [0.15, 0.2) is 11.6 Å². The van der Waals surface area contributed by atoms with Crippen LogP contribution in [0.25, 0.3) is 0 Å². The van der Waals surface area contributed by atoms with Crippen molar-refractivity contribution in [2.75, 3.05) is 42.4 Å². The minimum absolute atomic E-state index is 0.0729. The summed E-state index contributed by atoms with van der Waals surface area (Å²) >= 11 is 0. The van der Waals surface area contributed by atoms with Gasteiger partial charge in [-0.3, -0.25) is 0 Å². The number of hydrogen-bond acceptors (Lipinski definition) is 7. The maximum Gasteiger partial charge on any atom is 0.169 e. The lowest BCUT2D eigenvalue weighted by Crippen LogP contribution is -2.41. The fourth-order valence-corrected chi connectivity index (χ4v) is 1.76. The molecule has 19 heavy (non-hydrogen) atoms. The van der Waals surface area contributed by atoms with E-state index in [0.29, 0.717) is 24.7 Å². The smallest absolute Gasteiger partial charge is 0.169 e. The summed E-state index contributed by atoms with van der Waals surface area (Å²) in [5.41, 5.74) is 12.8. The Bertz CT molecular complexity index is 425. The maximum absolute atomic E-state index is 6.13. The summed E-state index contributed by atoms with van der Waals surface area (Å²) in [6.45, 7) is 9.17. The molecule has 0 bridgehead atoms. The van der Waals surface area contributed by atoms with Gasteiger partial charge in [-0.15, -0.1) is 0 Å². The quantitative estimate of drug-likeness (QED) is 0.691. The van der Waals surface area contributed by atoms with Crippen molar-refractivity contribution >= 4 is 17.3 Å². The molecule has 2 rings (SSSR count). The third-order valence-corrected chi connectivity index (χ3v) is 2.73. The number of nitrogens with one attached hydrogen (secondary N) is 2. The van der Waals surface area contributed by atoms with E-state index in [4.69, 9.17) is 10.5 Å². The van der Waals surface area contributed by atoms with Gasteiger partial charge < -0.3 is 20.8 Å². The molecule has 7 nitrogen and oxygen atoms in total. The van der Waals surface area contributed by atoms with Gasteiger partial charge in [-0.05, 0) is 20.8 Å². The van der Waals surface area contributed by atoms with Crippen LogP contribution in [-0.2, 0) is 4.74 Å². The topological polar surface area (TPSA) is 88.3 Å². The zero-order chi connectivity index (χ0) is 13.9. The molecule has 0 aliphatic carbocycles. The zero-order valence-electron chi connectivity index (χ0n) is 11.7. The molecule has 0 amide bonds. The summed E-state index contributed by atoms with van der Waals surface area (Å²) in [5, 5.41) is 0. The number of nitrogens with zero attached hydrogens (tertiary/aromatic N) is 3. The highest BCUT2D eigenvalue weighted by atomic mass is 16.5. The molecule has 1 aromatic rings. The number of ether oxygens (including phenoxy) is 1. The van der Waals surface area contributed by atoms with Crippen molar-refractivity contribution in [1.29, 1.82) is 0 Å². The molecule has 2 heterocycles. The molecule has 106 valence electrons. The molecule has 0 aromatic carbocycles. The minimum atomic E-state index is -0.0729. The Labute approximate surface area is 113 Å². The molecule has 7 heteroatoms. The van der Waals surface area contributed by atoms with E-state index in [1.54, 1.807) is 0 Å². The number of nitrogen functional groups attached to an aromatic ring is 1. The van der Waals surface area contributed by atoms with Crippen LogP contribution in [0.3, 0.4) is 0 Å². The lowest BCUT2D eigenvalue weighted by atomic mass is 10.1. The maximum atomic E-state index is 6.13. The Hall–Kier alpha value is -1.60. The van der Waals surface area contributed by atoms with Crippen LogP contribution in [0.2, 0.25) is 0 Å². The average Bonchev–Trinajstić information content (AvgIpc) is 2.37. The normalized spacial score (nSPS) is 16.5. The van der Waals surface area contributed by atoms with E-state index in [1.165, 1.54) is 6.33 Å². The molecule has 1 fully saturated rings. The van der Waals surface area contributed by atoms with Gasteiger partial charge in [0, 0.05) is 18.6 Å². The highest BCUT2D eigenvalue weighted by molar-refractivity contribution is 5.74. The first-order valence-corrected chi connectivity index (χ1v) is 6.44. The molecular weight excluding hydrogens is 244 g/mol. The van der Waals surface area contributed by atoms with Gasteiger partial charge in [-0.25, -0.2) is 15.4 Å². The van der Waals surface area contributed by atoms with E-state index in [-0.39, 0.29) is 5.54 Å². The second kappa shape index (κ2) is 5.58. The Morgan fingerprint density at radius 2 is 1.95 bits per heavy atom. The first-order valence-electron chi connectivity index (χ1n) is 6.44. The SMILES string of the molecule is CC(C)(C)NNc1ncnc(N2CCOCC2)c1N. The predicted molar refractivity (Wildman–Crippen MR) is 76.0 cm³/mol. The molecule has 0 atom stereocenters. The van der Waals surface area contributed by atoms with Crippen LogP contribution in [0.1, 0.15) is 20.8 Å². The van der Waals surface area contributed by atoms with Crippen LogP contribution in [-0.4, -0.2) is 41.8 Å². The van der Waals surface area contributed by atoms with Gasteiger partial charge >= 0.3 is 0 Å². The Kier molecular flexibility index (Phi) is 4.06. The predicted octanol–water partition coefficient (Wildman–Crippen LogP) is 0.610. The Balaban J connectivity index is 2.13. The molecule has 0 radical (unpaired) electrons. The van der Waals surface area contributed by atoms with Crippen molar-refractivity contribution in [3.8, 4) is 0 Å². The number of hydrogen-bond donors (Lipinski definition) is 3. The van der Waals surface area contributed by atoms with Crippen LogP contribution in [0.5, 0.6) is 0 Å². The van der Waals surface area contributed by atoms with Crippen molar-refractivity contribution in [1.82, 2.24) is 15.4 Å². The number of rotatable bonds is 3. The van der Waals surface area contributed by atoms with Crippen LogP contribution >= 0.6 is 0 Å². The molecule has 1 saturated heterocycles. The average molecular weight is 266 g/mol. The monoisotopic (exact) mass is 266 g/mol. The Morgan fingerprint density at radius 1 is 1.26 bits per heavy atom. The number of morpholine rings is 1. The summed E-state index contributed by atoms with van der Waals surface area (Å²) < 4.78 is 5.33. The number of aromatic nitrogens is 2. The molecule has 1 aliphatic rings. The third-order valence-electron chi connectivity index (χ3n) is 2.73. The number of nitrogens with two attached hydrogens (primary N) is 1. The standard InChI is InChI=1S/C12H22N6O/c1-12(2,3)17-16-10-9(13)11(15-8-14-10)18-4-6-19-7-5-18/h8,17H,4-7,13H2,1-3H3,(H,14,15,16). The summed E-state index contributed by atoms with van der Waals surface area (Å²) in [7, 11) is 0. The van der Waals surface area contributed by atoms with Crippen LogP contribution in [0.4, 0.5) is 17.3 Å². The molecule has 0 unspecified atom stereocenters. The first-order chi connectivity index (χ1) is 8.97. The van der Waals surface area contributed by atoms with Crippen molar-refractivity contribution in [2.24, 2.45) is 0 Å². The molecule has 0 spiro atoms. The molecule has 1 aromatic heterocycles. The van der Waals surface area contributed by atoms with Crippen molar-refractivity contribution in [3.63, 3.8) is 0 Å². The molecular formula is C12H22N6O. The van der Waals surface area contributed by atoms with Crippen LogP contribution < -0.4 is 21.5 Å². The van der Waals surface area contributed by atoms with Gasteiger partial charge in [0.2, 0.25) is 0 Å². The zero-order valence-corrected chi connectivity index (χ0v) is 11.7. The van der Waals surface area contributed by atoms with E-state index in [1.807, 2.05) is 0 Å². The Morgan fingerprint density at radius 3 is 2.58 bits per heavy atom. The number of anilines is 3. The second-order valence-electron chi connectivity index (χ2n) is 5.56. The minimum Gasteiger partial charge on any atom is -0.393 e. The summed E-state index contributed by atoms with van der Waals surface area (Å²) in [4.78, 5) is 10.6. The van der Waals surface area contributed by atoms with E-state index in [9.17, 15) is 0 Å². The van der Waals surface area contributed by atoms with Crippen molar-refractivity contribution < 1.29 is 4.74 Å². The summed E-state index contributed by atoms with van der Waals surface area (Å²) in [6, 6.07) is 0. The van der Waals surface area contributed by atoms with Gasteiger partial charge in [0.1, 0.15) is 12.0 Å². The first kappa shape index (κ1) is 13.8. The molecule has 4 N–H and O–H groups in total. The lowest BCUT2D eigenvalue weighted by Gasteiger charge is -2.29. The molecule has 0 saturated carbocycles. The van der Waals surface area contributed by atoms with Crippen molar-refractivity contribution in [3.05, 3.63) is 6.33 Å². The van der Waals surface area contributed by atoms with Gasteiger partial charge in [-0.2, -0.15) is 0 Å². The van der Waals surface area contributed by atoms with Gasteiger partial charge in [-0.1, -0.05) is 0 Å². The second-order valence-corrected chi connectivity index (χ2v) is 5.56. The van der Waals surface area contributed by atoms with E-state index < -0.39 is 0 Å². The van der Waals surface area contributed by atoms with Gasteiger partial charge in [0.25, 0.3) is 0 Å². The van der Waals surface area contributed by atoms with E-state index in [2.05, 4.69) is 46.5 Å². The number of hydrazine groups is 1. The fourth-order valence-electron chi connectivity index (χ4n) is 1.76. The highest BCUT2D eigenvalue weighted by Crippen LogP contribution is 2.26. The summed E-state index contributed by atoms with van der Waals surface area (Å²) in [5.74, 6) is 1.36. The van der Waals surface area contributed by atoms with E-state index >= 15 is 0 Å².